The van der Waals surface area contributed by atoms with Crippen LogP contribution in [0.5, 0.6) is 0 Å². The molecule has 2 N–H and O–H groups in total. The third-order valence-electron chi connectivity index (χ3n) is 3.66. The zero-order valence-corrected chi connectivity index (χ0v) is 13.9. The molecule has 0 spiro atoms. The van der Waals surface area contributed by atoms with E-state index in [9.17, 15) is 9.18 Å². The van der Waals surface area contributed by atoms with E-state index in [2.05, 4.69) is 10.6 Å². The first-order chi connectivity index (χ1) is 11.1. The van der Waals surface area contributed by atoms with Crippen molar-refractivity contribution in [1.82, 2.24) is 10.6 Å². The Hall–Kier alpha value is -1.72. The van der Waals surface area contributed by atoms with Gasteiger partial charge in [0.15, 0.2) is 0 Å². The Bertz CT molecular complexity index is 725. The van der Waals surface area contributed by atoms with Crippen LogP contribution in [0.25, 0.3) is 0 Å². The molecule has 2 aromatic rings. The summed E-state index contributed by atoms with van der Waals surface area (Å²) < 4.78 is 13.5. The second kappa shape index (κ2) is 7.23. The molecule has 0 fully saturated rings. The molecule has 0 aromatic heterocycles. The Morgan fingerprint density at radius 2 is 2.17 bits per heavy atom. The van der Waals surface area contributed by atoms with Crippen LogP contribution in [0.15, 0.2) is 47.4 Å². The lowest BCUT2D eigenvalue weighted by molar-refractivity contribution is 0.236. The highest BCUT2D eigenvalue weighted by Crippen LogP contribution is 2.36. The molecule has 3 nitrogen and oxygen atoms in total. The van der Waals surface area contributed by atoms with Gasteiger partial charge in [0.1, 0.15) is 5.82 Å². The number of benzene rings is 2. The van der Waals surface area contributed by atoms with Crippen molar-refractivity contribution in [2.75, 3.05) is 5.75 Å². The second-order valence-electron chi connectivity index (χ2n) is 5.33. The first-order valence-corrected chi connectivity index (χ1v) is 8.69. The summed E-state index contributed by atoms with van der Waals surface area (Å²) in [7, 11) is 0. The van der Waals surface area contributed by atoms with Gasteiger partial charge in [0.2, 0.25) is 0 Å². The number of amides is 2. The number of nitrogens with one attached hydrogen (secondary N) is 2. The quantitative estimate of drug-likeness (QED) is 0.854. The van der Waals surface area contributed by atoms with E-state index in [4.69, 9.17) is 11.6 Å². The molecular formula is C17H16ClFN2OS. The summed E-state index contributed by atoms with van der Waals surface area (Å²) in [6.07, 6.45) is 0.783. The Kier molecular flexibility index (Phi) is 5.08. The molecule has 0 saturated carbocycles. The third-order valence-corrected chi connectivity index (χ3v) is 5.02. The van der Waals surface area contributed by atoms with Gasteiger partial charge in [-0.1, -0.05) is 23.7 Å². The molecule has 0 saturated heterocycles. The molecule has 1 aliphatic heterocycles. The van der Waals surface area contributed by atoms with Gasteiger partial charge in [-0.2, -0.15) is 0 Å². The minimum absolute atomic E-state index is 0.165. The van der Waals surface area contributed by atoms with E-state index in [-0.39, 0.29) is 17.9 Å². The maximum Gasteiger partial charge on any atom is 0.315 e. The minimum Gasteiger partial charge on any atom is -0.334 e. The SMILES string of the molecule is O=C(NCc1cccc(Cl)c1)NC1CCSc2ccc(F)cc21. The van der Waals surface area contributed by atoms with Crippen LogP contribution in [-0.2, 0) is 6.54 Å². The summed E-state index contributed by atoms with van der Waals surface area (Å²) in [4.78, 5) is 13.1. The first-order valence-electron chi connectivity index (χ1n) is 7.33. The molecule has 0 radical (unpaired) electrons. The van der Waals surface area contributed by atoms with Gasteiger partial charge in [-0.05, 0) is 47.9 Å². The lowest BCUT2D eigenvalue weighted by atomic mass is 10.0. The van der Waals surface area contributed by atoms with Gasteiger partial charge in [-0.15, -0.1) is 11.8 Å². The van der Waals surface area contributed by atoms with E-state index in [1.165, 1.54) is 12.1 Å². The van der Waals surface area contributed by atoms with Crippen molar-refractivity contribution < 1.29 is 9.18 Å². The van der Waals surface area contributed by atoms with Crippen LogP contribution in [0, 0.1) is 5.82 Å². The number of urea groups is 1. The Morgan fingerprint density at radius 3 is 3.00 bits per heavy atom. The number of carbonyl (C=O) groups excluding carboxylic acids is 1. The highest BCUT2D eigenvalue weighted by atomic mass is 35.5. The Morgan fingerprint density at radius 1 is 1.30 bits per heavy atom. The van der Waals surface area contributed by atoms with Crippen LogP contribution in [0.1, 0.15) is 23.6 Å². The van der Waals surface area contributed by atoms with Crippen molar-refractivity contribution in [1.29, 1.82) is 0 Å². The number of hydrogen-bond donors (Lipinski definition) is 2. The van der Waals surface area contributed by atoms with Gasteiger partial charge in [0.25, 0.3) is 0 Å². The summed E-state index contributed by atoms with van der Waals surface area (Å²) in [5, 5.41) is 6.37. The summed E-state index contributed by atoms with van der Waals surface area (Å²) in [5.41, 5.74) is 1.78. The summed E-state index contributed by atoms with van der Waals surface area (Å²) in [5.74, 6) is 0.620. The van der Waals surface area contributed by atoms with Gasteiger partial charge in [-0.3, -0.25) is 0 Å². The van der Waals surface area contributed by atoms with Crippen LogP contribution in [-0.4, -0.2) is 11.8 Å². The van der Waals surface area contributed by atoms with Crippen molar-refractivity contribution in [2.45, 2.75) is 23.9 Å². The van der Waals surface area contributed by atoms with E-state index in [1.54, 1.807) is 23.9 Å². The van der Waals surface area contributed by atoms with E-state index in [1.807, 2.05) is 18.2 Å². The molecular weight excluding hydrogens is 335 g/mol. The molecule has 0 bridgehead atoms. The van der Waals surface area contributed by atoms with E-state index in [0.717, 1.165) is 28.2 Å². The number of thioether (sulfide) groups is 1. The van der Waals surface area contributed by atoms with Gasteiger partial charge < -0.3 is 10.6 Å². The average Bonchev–Trinajstić information content (AvgIpc) is 2.54. The largest absolute Gasteiger partial charge is 0.334 e. The number of rotatable bonds is 3. The predicted octanol–water partition coefficient (Wildman–Crippen LogP) is 4.52. The van der Waals surface area contributed by atoms with E-state index >= 15 is 0 Å². The van der Waals surface area contributed by atoms with Crippen LogP contribution < -0.4 is 10.6 Å². The Labute approximate surface area is 143 Å². The number of fused-ring (bicyclic) bond motifs is 1. The molecule has 1 atom stereocenters. The molecule has 1 aliphatic rings. The van der Waals surface area contributed by atoms with E-state index in [0.29, 0.717) is 11.6 Å². The summed E-state index contributed by atoms with van der Waals surface area (Å²) in [6.45, 7) is 0.393. The van der Waals surface area contributed by atoms with E-state index < -0.39 is 0 Å². The predicted molar refractivity (Wildman–Crippen MR) is 91.3 cm³/mol. The maximum atomic E-state index is 13.5. The van der Waals surface area contributed by atoms with Gasteiger partial charge >= 0.3 is 6.03 Å². The van der Waals surface area contributed by atoms with Crippen molar-refractivity contribution in [3.63, 3.8) is 0 Å². The Balaban J connectivity index is 1.62. The molecule has 23 heavy (non-hydrogen) atoms. The summed E-state index contributed by atoms with van der Waals surface area (Å²) in [6, 6.07) is 11.6. The highest BCUT2D eigenvalue weighted by molar-refractivity contribution is 7.99. The molecule has 120 valence electrons. The molecule has 1 heterocycles. The zero-order valence-electron chi connectivity index (χ0n) is 12.3. The second-order valence-corrected chi connectivity index (χ2v) is 6.90. The van der Waals surface area contributed by atoms with Crippen LogP contribution in [0.4, 0.5) is 9.18 Å². The first kappa shape index (κ1) is 16.1. The van der Waals surface area contributed by atoms with Crippen molar-refractivity contribution in [3.05, 3.63) is 64.4 Å². The standard InChI is InChI=1S/C17H16ClFN2OS/c18-12-3-1-2-11(8-12)10-20-17(22)21-15-6-7-23-16-5-4-13(19)9-14(15)16/h1-5,8-9,15H,6-7,10H2,(H2,20,21,22). The molecule has 3 rings (SSSR count). The van der Waals surface area contributed by atoms with Crippen molar-refractivity contribution >= 4 is 29.4 Å². The fourth-order valence-electron chi connectivity index (χ4n) is 2.55. The minimum atomic E-state index is -0.280. The molecule has 1 unspecified atom stereocenters. The highest BCUT2D eigenvalue weighted by Gasteiger charge is 2.22. The molecule has 2 aromatic carbocycles. The van der Waals surface area contributed by atoms with Gasteiger partial charge in [0, 0.05) is 22.2 Å². The van der Waals surface area contributed by atoms with Crippen LogP contribution in [0.2, 0.25) is 5.02 Å². The van der Waals surface area contributed by atoms with Gasteiger partial charge in [-0.25, -0.2) is 9.18 Å². The molecule has 2 amide bonds. The van der Waals surface area contributed by atoms with Crippen LogP contribution >= 0.6 is 23.4 Å². The lowest BCUT2D eigenvalue weighted by Gasteiger charge is -2.26. The topological polar surface area (TPSA) is 41.1 Å². The van der Waals surface area contributed by atoms with Crippen molar-refractivity contribution in [2.24, 2.45) is 0 Å². The fraction of sp³-hybridized carbons (Fsp3) is 0.235. The molecule has 0 aliphatic carbocycles. The average molecular weight is 351 g/mol. The fourth-order valence-corrected chi connectivity index (χ4v) is 3.87. The lowest BCUT2D eigenvalue weighted by Crippen LogP contribution is -2.38. The maximum absolute atomic E-state index is 13.5. The van der Waals surface area contributed by atoms with Crippen molar-refractivity contribution in [3.8, 4) is 0 Å². The monoisotopic (exact) mass is 350 g/mol. The molecule has 6 heteroatoms. The summed E-state index contributed by atoms with van der Waals surface area (Å²) >= 11 is 7.61. The normalized spacial score (nSPS) is 16.5. The van der Waals surface area contributed by atoms with Crippen LogP contribution in [0.3, 0.4) is 0 Å². The van der Waals surface area contributed by atoms with Gasteiger partial charge in [0.05, 0.1) is 6.04 Å². The number of hydrogen-bond acceptors (Lipinski definition) is 2. The third kappa shape index (κ3) is 4.18. The number of carbonyl (C=O) groups is 1. The number of halogens is 2. The zero-order chi connectivity index (χ0) is 16.2. The smallest absolute Gasteiger partial charge is 0.315 e.